The normalized spacial score (nSPS) is 31.8. The number of aliphatic hydroxyl groups excluding tert-OH is 1. The van der Waals surface area contributed by atoms with Crippen LogP contribution in [-0.2, 0) is 0 Å². The molecule has 0 amide bonds. The quantitative estimate of drug-likeness (QED) is 0.680. The van der Waals surface area contributed by atoms with Gasteiger partial charge in [-0.05, 0) is 43.3 Å². The molecule has 0 heterocycles. The first-order valence-corrected chi connectivity index (χ1v) is 6.02. The van der Waals surface area contributed by atoms with Gasteiger partial charge >= 0.3 is 0 Å². The Balaban J connectivity index is 2.02. The Labute approximate surface area is 92.2 Å². The van der Waals surface area contributed by atoms with E-state index in [2.05, 4.69) is 19.1 Å². The number of hydrogen-bond donors (Lipinski definition) is 1. The molecule has 1 heteroatoms. The van der Waals surface area contributed by atoms with Crippen molar-refractivity contribution in [2.45, 2.75) is 39.0 Å². The fourth-order valence-electron chi connectivity index (χ4n) is 2.57. The molecule has 1 nitrogen and oxygen atoms in total. The van der Waals surface area contributed by atoms with Gasteiger partial charge in [0.2, 0.25) is 0 Å². The van der Waals surface area contributed by atoms with Crippen LogP contribution in [0.5, 0.6) is 0 Å². The maximum absolute atomic E-state index is 9.38. The molecule has 0 saturated heterocycles. The Bertz CT molecular complexity index is 301. The summed E-state index contributed by atoms with van der Waals surface area (Å²) in [5.74, 6) is 2.05. The molecule has 1 fully saturated rings. The third-order valence-electron chi connectivity index (χ3n) is 3.65. The number of hydrogen-bond acceptors (Lipinski definition) is 1. The number of aliphatic hydroxyl groups is 1. The number of allylic oxidation sites excluding steroid dienone is 5. The standard InChI is InChI=1S/C14H20O/c1-11-5-7-13(8-6-11)12-3-2-4-14(15)10-9-12/h2,4,9-11,13,15H,3,5-8H2,1H3. The molecule has 2 rings (SSSR count). The highest BCUT2D eigenvalue weighted by molar-refractivity contribution is 5.28. The van der Waals surface area contributed by atoms with Crippen LogP contribution in [0.25, 0.3) is 0 Å². The number of rotatable bonds is 1. The van der Waals surface area contributed by atoms with Crippen molar-refractivity contribution < 1.29 is 5.11 Å². The van der Waals surface area contributed by atoms with E-state index in [0.717, 1.165) is 18.3 Å². The van der Waals surface area contributed by atoms with Crippen LogP contribution in [0.3, 0.4) is 0 Å². The highest BCUT2D eigenvalue weighted by Crippen LogP contribution is 2.34. The topological polar surface area (TPSA) is 20.2 Å². The van der Waals surface area contributed by atoms with E-state index in [9.17, 15) is 5.11 Å². The first kappa shape index (κ1) is 10.5. The molecular formula is C14H20O. The van der Waals surface area contributed by atoms with Crippen LogP contribution in [0.2, 0.25) is 0 Å². The van der Waals surface area contributed by atoms with Gasteiger partial charge in [-0.15, -0.1) is 0 Å². The van der Waals surface area contributed by atoms with E-state index in [1.165, 1.54) is 31.3 Å². The van der Waals surface area contributed by atoms with Crippen LogP contribution < -0.4 is 0 Å². The molecule has 0 bridgehead atoms. The van der Waals surface area contributed by atoms with Gasteiger partial charge in [-0.1, -0.05) is 37.5 Å². The highest BCUT2D eigenvalue weighted by atomic mass is 16.3. The van der Waals surface area contributed by atoms with Crippen LogP contribution in [0, 0.1) is 11.8 Å². The van der Waals surface area contributed by atoms with E-state index < -0.39 is 0 Å². The molecule has 2 aliphatic carbocycles. The molecule has 0 spiro atoms. The Morgan fingerprint density at radius 1 is 1.13 bits per heavy atom. The molecule has 0 aliphatic heterocycles. The Morgan fingerprint density at radius 3 is 2.60 bits per heavy atom. The van der Waals surface area contributed by atoms with Gasteiger partial charge in [0.15, 0.2) is 0 Å². The molecule has 15 heavy (non-hydrogen) atoms. The van der Waals surface area contributed by atoms with Crippen LogP contribution in [0.4, 0.5) is 0 Å². The van der Waals surface area contributed by atoms with E-state index in [1.807, 2.05) is 6.08 Å². The Morgan fingerprint density at radius 2 is 1.87 bits per heavy atom. The van der Waals surface area contributed by atoms with Crippen molar-refractivity contribution in [3.05, 3.63) is 35.6 Å². The molecule has 0 aromatic carbocycles. The third-order valence-corrected chi connectivity index (χ3v) is 3.65. The second-order valence-corrected chi connectivity index (χ2v) is 4.90. The summed E-state index contributed by atoms with van der Waals surface area (Å²) in [6.07, 6.45) is 14.2. The first-order chi connectivity index (χ1) is 7.25. The molecule has 0 aromatic rings. The lowest BCUT2D eigenvalue weighted by Gasteiger charge is -2.27. The predicted molar refractivity (Wildman–Crippen MR) is 63.7 cm³/mol. The first-order valence-electron chi connectivity index (χ1n) is 6.02. The van der Waals surface area contributed by atoms with E-state index in [0.29, 0.717) is 5.76 Å². The lowest BCUT2D eigenvalue weighted by atomic mass is 9.78. The zero-order valence-corrected chi connectivity index (χ0v) is 9.45. The maximum Gasteiger partial charge on any atom is 0.115 e. The maximum atomic E-state index is 9.38. The van der Waals surface area contributed by atoms with Crippen molar-refractivity contribution in [3.8, 4) is 0 Å². The fraction of sp³-hybridized carbons (Fsp3) is 0.571. The fourth-order valence-corrected chi connectivity index (χ4v) is 2.57. The van der Waals surface area contributed by atoms with Crippen molar-refractivity contribution in [3.63, 3.8) is 0 Å². The van der Waals surface area contributed by atoms with Gasteiger partial charge in [0, 0.05) is 0 Å². The Kier molecular flexibility index (Phi) is 3.30. The molecule has 0 unspecified atom stereocenters. The molecule has 0 radical (unpaired) electrons. The lowest BCUT2D eigenvalue weighted by molar-refractivity contribution is 0.318. The minimum Gasteiger partial charge on any atom is -0.508 e. The summed E-state index contributed by atoms with van der Waals surface area (Å²) in [4.78, 5) is 0. The summed E-state index contributed by atoms with van der Waals surface area (Å²) < 4.78 is 0. The van der Waals surface area contributed by atoms with Gasteiger partial charge in [-0.3, -0.25) is 0 Å². The zero-order valence-electron chi connectivity index (χ0n) is 9.45. The Hall–Kier alpha value is -0.980. The molecule has 1 saturated carbocycles. The molecular weight excluding hydrogens is 184 g/mol. The minimum absolute atomic E-state index is 0.383. The summed E-state index contributed by atoms with van der Waals surface area (Å²) >= 11 is 0. The second kappa shape index (κ2) is 4.69. The molecule has 0 atom stereocenters. The molecule has 2 aliphatic rings. The van der Waals surface area contributed by atoms with Gasteiger partial charge in [0.1, 0.15) is 5.76 Å². The summed E-state index contributed by atoms with van der Waals surface area (Å²) in [7, 11) is 0. The SMILES string of the molecule is CC1CCC(C2=CC=C(O)C=CC2)CC1. The van der Waals surface area contributed by atoms with E-state index in [-0.39, 0.29) is 0 Å². The summed E-state index contributed by atoms with van der Waals surface area (Å²) in [5, 5.41) is 9.38. The van der Waals surface area contributed by atoms with Crippen LogP contribution in [0.1, 0.15) is 39.0 Å². The smallest absolute Gasteiger partial charge is 0.115 e. The van der Waals surface area contributed by atoms with Gasteiger partial charge in [0.05, 0.1) is 0 Å². The van der Waals surface area contributed by atoms with Gasteiger partial charge < -0.3 is 5.11 Å². The van der Waals surface area contributed by atoms with Crippen LogP contribution >= 0.6 is 0 Å². The van der Waals surface area contributed by atoms with E-state index in [4.69, 9.17) is 0 Å². The average Bonchev–Trinajstić information content (AvgIpc) is 2.44. The van der Waals surface area contributed by atoms with Crippen LogP contribution in [0.15, 0.2) is 35.6 Å². The monoisotopic (exact) mass is 204 g/mol. The van der Waals surface area contributed by atoms with E-state index in [1.54, 1.807) is 6.08 Å². The van der Waals surface area contributed by atoms with Gasteiger partial charge in [0.25, 0.3) is 0 Å². The van der Waals surface area contributed by atoms with Gasteiger partial charge in [-0.25, -0.2) is 0 Å². The third kappa shape index (κ3) is 2.74. The molecule has 82 valence electrons. The van der Waals surface area contributed by atoms with Crippen molar-refractivity contribution in [2.24, 2.45) is 11.8 Å². The molecule has 1 N–H and O–H groups in total. The average molecular weight is 204 g/mol. The van der Waals surface area contributed by atoms with E-state index >= 15 is 0 Å². The van der Waals surface area contributed by atoms with Gasteiger partial charge in [-0.2, -0.15) is 0 Å². The molecule has 0 aromatic heterocycles. The van der Waals surface area contributed by atoms with Crippen LogP contribution in [-0.4, -0.2) is 5.11 Å². The van der Waals surface area contributed by atoms with Crippen molar-refractivity contribution in [1.82, 2.24) is 0 Å². The minimum atomic E-state index is 0.383. The van der Waals surface area contributed by atoms with Crippen molar-refractivity contribution in [2.75, 3.05) is 0 Å². The zero-order chi connectivity index (χ0) is 10.7. The second-order valence-electron chi connectivity index (χ2n) is 4.90. The highest BCUT2D eigenvalue weighted by Gasteiger charge is 2.20. The lowest BCUT2D eigenvalue weighted by Crippen LogP contribution is -2.14. The summed E-state index contributed by atoms with van der Waals surface area (Å²) in [6.45, 7) is 2.35. The largest absolute Gasteiger partial charge is 0.508 e. The van der Waals surface area contributed by atoms with Crippen molar-refractivity contribution in [1.29, 1.82) is 0 Å². The summed E-state index contributed by atoms with van der Waals surface area (Å²) in [5.41, 5.74) is 1.50. The summed E-state index contributed by atoms with van der Waals surface area (Å²) in [6, 6.07) is 0. The predicted octanol–water partition coefficient (Wildman–Crippen LogP) is 4.14. The van der Waals surface area contributed by atoms with Crippen molar-refractivity contribution >= 4 is 0 Å².